The van der Waals surface area contributed by atoms with E-state index in [0.717, 1.165) is 12.5 Å². The third kappa shape index (κ3) is 3.42. The number of hydrogen-bond donors (Lipinski definition) is 3. The first-order valence-electron chi connectivity index (χ1n) is 6.86. The highest BCUT2D eigenvalue weighted by Gasteiger charge is 2.29. The molecule has 2 aliphatic rings. The van der Waals surface area contributed by atoms with Crippen LogP contribution in [-0.2, 0) is 4.79 Å². The lowest BCUT2D eigenvalue weighted by Gasteiger charge is -2.29. The first-order chi connectivity index (χ1) is 8.16. The van der Waals surface area contributed by atoms with Crippen molar-refractivity contribution in [3.05, 3.63) is 0 Å². The van der Waals surface area contributed by atoms with Gasteiger partial charge in [0.1, 0.15) is 0 Å². The Kier molecular flexibility index (Phi) is 4.40. The number of β-amino-alcohol motifs (C(OH)–C–C–N with tert-alkyl or cyclic N) is 1. The summed E-state index contributed by atoms with van der Waals surface area (Å²) < 4.78 is 0. The maximum atomic E-state index is 11.9. The number of aliphatic hydroxyl groups is 1. The fourth-order valence-electron chi connectivity index (χ4n) is 2.97. The molecule has 0 unspecified atom stereocenters. The smallest absolute Gasteiger partial charge is 0.237 e. The van der Waals surface area contributed by atoms with E-state index in [0.29, 0.717) is 18.9 Å². The van der Waals surface area contributed by atoms with Gasteiger partial charge in [-0.15, -0.1) is 0 Å². The van der Waals surface area contributed by atoms with Gasteiger partial charge in [0.25, 0.3) is 0 Å². The van der Waals surface area contributed by atoms with Crippen LogP contribution in [0.25, 0.3) is 0 Å². The lowest BCUT2D eigenvalue weighted by molar-refractivity contribution is -0.123. The zero-order valence-electron chi connectivity index (χ0n) is 10.6. The van der Waals surface area contributed by atoms with Gasteiger partial charge >= 0.3 is 0 Å². The molecule has 4 nitrogen and oxygen atoms in total. The maximum absolute atomic E-state index is 11.9. The predicted octanol–water partition coefficient (Wildman–Crippen LogP) is 0.652. The van der Waals surface area contributed by atoms with Crippen molar-refractivity contribution in [2.45, 2.75) is 51.2 Å². The van der Waals surface area contributed by atoms with Crippen molar-refractivity contribution in [2.24, 2.45) is 11.8 Å². The van der Waals surface area contributed by atoms with Gasteiger partial charge in [-0.05, 0) is 24.7 Å². The van der Waals surface area contributed by atoms with E-state index in [1.54, 1.807) is 0 Å². The fraction of sp³-hybridized carbons (Fsp3) is 0.923. The molecule has 0 aromatic carbocycles. The minimum absolute atomic E-state index is 0.0549. The minimum atomic E-state index is -0.362. The second-order valence-electron chi connectivity index (χ2n) is 5.62. The van der Waals surface area contributed by atoms with Crippen LogP contribution in [0.3, 0.4) is 0 Å². The van der Waals surface area contributed by atoms with E-state index in [-0.39, 0.29) is 18.1 Å². The Morgan fingerprint density at radius 3 is 2.82 bits per heavy atom. The summed E-state index contributed by atoms with van der Waals surface area (Å²) in [7, 11) is 0. The Labute approximate surface area is 103 Å². The molecule has 0 spiro atoms. The van der Waals surface area contributed by atoms with E-state index in [1.807, 2.05) is 0 Å². The summed E-state index contributed by atoms with van der Waals surface area (Å²) in [5, 5.41) is 15.4. The van der Waals surface area contributed by atoms with E-state index in [9.17, 15) is 9.90 Å². The van der Waals surface area contributed by atoms with Gasteiger partial charge in [-0.2, -0.15) is 0 Å². The Hall–Kier alpha value is -0.610. The lowest BCUT2D eigenvalue weighted by Crippen LogP contribution is -2.43. The molecule has 1 heterocycles. The van der Waals surface area contributed by atoms with Gasteiger partial charge in [0.2, 0.25) is 5.91 Å². The van der Waals surface area contributed by atoms with E-state index in [1.165, 1.54) is 25.7 Å². The van der Waals surface area contributed by atoms with Crippen LogP contribution < -0.4 is 10.6 Å². The molecule has 0 aromatic heterocycles. The molecule has 4 heteroatoms. The number of rotatable bonds is 3. The number of hydrogen-bond acceptors (Lipinski definition) is 3. The average Bonchev–Trinajstić information content (AvgIpc) is 2.74. The largest absolute Gasteiger partial charge is 0.392 e. The highest BCUT2D eigenvalue weighted by molar-refractivity contribution is 5.82. The van der Waals surface area contributed by atoms with Gasteiger partial charge in [0, 0.05) is 13.1 Å². The first-order valence-corrected chi connectivity index (χ1v) is 6.86. The van der Waals surface area contributed by atoms with E-state index >= 15 is 0 Å². The summed E-state index contributed by atoms with van der Waals surface area (Å²) in [6, 6.07) is -0.191. The SMILES string of the molecule is C[C@@H]1CCCC[C@@H]1CNC(=O)[C@H]1C[C@@H](O)CN1. The van der Waals surface area contributed by atoms with Gasteiger partial charge in [-0.1, -0.05) is 26.2 Å². The first kappa shape index (κ1) is 12.8. The maximum Gasteiger partial charge on any atom is 0.237 e. The van der Waals surface area contributed by atoms with Crippen LogP contribution in [0.4, 0.5) is 0 Å². The van der Waals surface area contributed by atoms with Crippen molar-refractivity contribution in [3.63, 3.8) is 0 Å². The summed E-state index contributed by atoms with van der Waals surface area (Å²) in [4.78, 5) is 11.9. The van der Waals surface area contributed by atoms with Crippen molar-refractivity contribution < 1.29 is 9.90 Å². The Morgan fingerprint density at radius 2 is 2.18 bits per heavy atom. The molecule has 98 valence electrons. The second-order valence-corrected chi connectivity index (χ2v) is 5.62. The average molecular weight is 240 g/mol. The second kappa shape index (κ2) is 5.83. The zero-order chi connectivity index (χ0) is 12.3. The third-order valence-electron chi connectivity index (χ3n) is 4.25. The summed E-state index contributed by atoms with van der Waals surface area (Å²) in [5.74, 6) is 1.42. The van der Waals surface area contributed by atoms with E-state index in [4.69, 9.17) is 0 Å². The van der Waals surface area contributed by atoms with Gasteiger partial charge in [0.15, 0.2) is 0 Å². The van der Waals surface area contributed by atoms with E-state index in [2.05, 4.69) is 17.6 Å². The topological polar surface area (TPSA) is 61.4 Å². The van der Waals surface area contributed by atoms with Crippen molar-refractivity contribution in [1.82, 2.24) is 10.6 Å². The molecule has 17 heavy (non-hydrogen) atoms. The molecule has 0 radical (unpaired) electrons. The molecule has 4 atom stereocenters. The molecular formula is C13H24N2O2. The van der Waals surface area contributed by atoms with Crippen LogP contribution in [0.15, 0.2) is 0 Å². The summed E-state index contributed by atoms with van der Waals surface area (Å²) in [6.07, 6.45) is 5.35. The van der Waals surface area contributed by atoms with E-state index < -0.39 is 0 Å². The molecule has 2 rings (SSSR count). The van der Waals surface area contributed by atoms with Crippen LogP contribution in [0.2, 0.25) is 0 Å². The Balaban J connectivity index is 1.72. The molecule has 1 saturated heterocycles. The minimum Gasteiger partial charge on any atom is -0.392 e. The van der Waals surface area contributed by atoms with Gasteiger partial charge in [-0.25, -0.2) is 0 Å². The third-order valence-corrected chi connectivity index (χ3v) is 4.25. The quantitative estimate of drug-likeness (QED) is 0.679. The fourth-order valence-corrected chi connectivity index (χ4v) is 2.97. The van der Waals surface area contributed by atoms with Gasteiger partial charge in [-0.3, -0.25) is 4.79 Å². The molecule has 0 aromatic rings. The molecule has 0 bridgehead atoms. The molecule has 1 saturated carbocycles. The lowest BCUT2D eigenvalue weighted by atomic mass is 9.80. The number of carbonyl (C=O) groups excluding carboxylic acids is 1. The molecular weight excluding hydrogens is 216 g/mol. The number of nitrogens with one attached hydrogen (secondary N) is 2. The van der Waals surface area contributed by atoms with Crippen LogP contribution >= 0.6 is 0 Å². The van der Waals surface area contributed by atoms with Crippen molar-refractivity contribution in [1.29, 1.82) is 0 Å². The zero-order valence-corrected chi connectivity index (χ0v) is 10.6. The van der Waals surface area contributed by atoms with Crippen molar-refractivity contribution in [2.75, 3.05) is 13.1 Å². The predicted molar refractivity (Wildman–Crippen MR) is 66.5 cm³/mol. The normalized spacial score (nSPS) is 38.0. The summed E-state index contributed by atoms with van der Waals surface area (Å²) in [6.45, 7) is 3.62. The van der Waals surface area contributed by atoms with Crippen LogP contribution in [0.5, 0.6) is 0 Å². The van der Waals surface area contributed by atoms with Crippen molar-refractivity contribution in [3.8, 4) is 0 Å². The van der Waals surface area contributed by atoms with Gasteiger partial charge in [0.05, 0.1) is 12.1 Å². The molecule has 1 amide bonds. The standard InChI is InChI=1S/C13H24N2O2/c1-9-4-2-3-5-10(9)7-15-13(17)12-6-11(16)8-14-12/h9-12,14,16H,2-8H2,1H3,(H,15,17)/t9-,10-,11-,12-/m1/s1. The Morgan fingerprint density at radius 1 is 1.41 bits per heavy atom. The monoisotopic (exact) mass is 240 g/mol. The Bertz CT molecular complexity index is 270. The molecule has 3 N–H and O–H groups in total. The van der Waals surface area contributed by atoms with Crippen LogP contribution in [0, 0.1) is 11.8 Å². The summed E-state index contributed by atoms with van der Waals surface area (Å²) >= 11 is 0. The highest BCUT2D eigenvalue weighted by Crippen LogP contribution is 2.28. The van der Waals surface area contributed by atoms with Gasteiger partial charge < -0.3 is 15.7 Å². The number of amides is 1. The van der Waals surface area contributed by atoms with Crippen molar-refractivity contribution >= 4 is 5.91 Å². The number of carbonyl (C=O) groups is 1. The number of aliphatic hydroxyl groups excluding tert-OH is 1. The highest BCUT2D eigenvalue weighted by atomic mass is 16.3. The molecule has 2 fully saturated rings. The molecule has 1 aliphatic heterocycles. The molecule has 1 aliphatic carbocycles. The summed E-state index contributed by atoms with van der Waals surface area (Å²) in [5.41, 5.74) is 0. The van der Waals surface area contributed by atoms with Crippen LogP contribution in [-0.4, -0.2) is 36.2 Å². The van der Waals surface area contributed by atoms with Crippen LogP contribution in [0.1, 0.15) is 39.0 Å².